The highest BCUT2D eigenvalue weighted by Gasteiger charge is 2.10. The summed E-state index contributed by atoms with van der Waals surface area (Å²) in [5.41, 5.74) is 3.45. The number of para-hydroxylation sites is 1. The van der Waals surface area contributed by atoms with Gasteiger partial charge in [0.25, 0.3) is 0 Å². The molecule has 0 unspecified atom stereocenters. The smallest absolute Gasteiger partial charge is 0.162 e. The van der Waals surface area contributed by atoms with Crippen molar-refractivity contribution in [1.29, 1.82) is 0 Å². The molecule has 0 bridgehead atoms. The number of ketones is 3. The average molecular weight is 430 g/mol. The monoisotopic (exact) mass is 429 g/mol. The highest BCUT2D eigenvalue weighted by atomic mass is 16.1. The Morgan fingerprint density at radius 3 is 2.19 bits per heavy atom. The normalized spacial score (nSPS) is 10.9. The molecule has 166 valence electrons. The van der Waals surface area contributed by atoms with Crippen LogP contribution in [0, 0.1) is 0 Å². The molecule has 0 amide bonds. The number of fused-ring (bicyclic) bond motifs is 1. The van der Waals surface area contributed by atoms with E-state index in [1.54, 1.807) is 13.1 Å². The topological polar surface area (TPSA) is 64.1 Å². The predicted molar refractivity (Wildman–Crippen MR) is 128 cm³/mol. The van der Waals surface area contributed by atoms with E-state index in [-0.39, 0.29) is 17.3 Å². The van der Waals surface area contributed by atoms with E-state index in [1.165, 1.54) is 0 Å². The van der Waals surface area contributed by atoms with Crippen LogP contribution in [0.2, 0.25) is 0 Å². The number of aromatic nitrogens is 1. The van der Waals surface area contributed by atoms with E-state index in [2.05, 4.69) is 4.98 Å². The Kier molecular flexibility index (Phi) is 8.85. The van der Waals surface area contributed by atoms with Gasteiger partial charge in [0.1, 0.15) is 11.6 Å². The van der Waals surface area contributed by atoms with E-state index in [1.807, 2.05) is 54.6 Å². The van der Waals surface area contributed by atoms with Gasteiger partial charge < -0.3 is 4.79 Å². The summed E-state index contributed by atoms with van der Waals surface area (Å²) >= 11 is 0. The zero-order valence-electron chi connectivity index (χ0n) is 18.8. The fourth-order valence-electron chi connectivity index (χ4n) is 3.96. The Bertz CT molecular complexity index is 1060. The lowest BCUT2D eigenvalue weighted by Crippen LogP contribution is -2.08. The molecule has 0 saturated heterocycles. The first-order valence-corrected chi connectivity index (χ1v) is 11.5. The summed E-state index contributed by atoms with van der Waals surface area (Å²) in [6, 6.07) is 17.2. The van der Waals surface area contributed by atoms with E-state index in [0.717, 1.165) is 54.1 Å². The van der Waals surface area contributed by atoms with Crippen molar-refractivity contribution in [1.82, 2.24) is 4.98 Å². The van der Waals surface area contributed by atoms with Crippen LogP contribution in [0.5, 0.6) is 0 Å². The minimum Gasteiger partial charge on any atom is -0.300 e. The Morgan fingerprint density at radius 2 is 1.44 bits per heavy atom. The van der Waals surface area contributed by atoms with Gasteiger partial charge in [-0.3, -0.25) is 14.6 Å². The quantitative estimate of drug-likeness (QED) is 0.244. The molecule has 0 radical (unpaired) electrons. The third kappa shape index (κ3) is 7.23. The summed E-state index contributed by atoms with van der Waals surface area (Å²) in [5.74, 6) is 0.524. The largest absolute Gasteiger partial charge is 0.300 e. The number of nitrogens with zero attached hydrogens (tertiary/aromatic N) is 1. The van der Waals surface area contributed by atoms with Crippen LogP contribution >= 0.6 is 0 Å². The van der Waals surface area contributed by atoms with Crippen LogP contribution in [0.15, 0.2) is 60.8 Å². The predicted octanol–water partition coefficient (Wildman–Crippen LogP) is 6.09. The fraction of sp³-hybridized carbons (Fsp3) is 0.357. The minimum atomic E-state index is 0.131. The number of hydrogen-bond donors (Lipinski definition) is 0. The van der Waals surface area contributed by atoms with Crippen LogP contribution in [0.25, 0.3) is 10.9 Å². The summed E-state index contributed by atoms with van der Waals surface area (Å²) in [6.45, 7) is 1.63. The number of rotatable bonds is 13. The second kappa shape index (κ2) is 12.0. The highest BCUT2D eigenvalue weighted by molar-refractivity contribution is 5.96. The minimum absolute atomic E-state index is 0.131. The summed E-state index contributed by atoms with van der Waals surface area (Å²) < 4.78 is 0. The summed E-state index contributed by atoms with van der Waals surface area (Å²) in [7, 11) is 0. The molecule has 0 aliphatic carbocycles. The van der Waals surface area contributed by atoms with Crippen molar-refractivity contribution in [2.75, 3.05) is 0 Å². The van der Waals surface area contributed by atoms with Gasteiger partial charge in [0, 0.05) is 42.8 Å². The molecular formula is C28H31NO3. The van der Waals surface area contributed by atoms with Gasteiger partial charge in [0.2, 0.25) is 0 Å². The summed E-state index contributed by atoms with van der Waals surface area (Å²) in [5, 5.41) is 1.04. The Hall–Kier alpha value is -3.14. The maximum atomic E-state index is 12.6. The third-order valence-corrected chi connectivity index (χ3v) is 5.71. The lowest BCUT2D eigenvalue weighted by atomic mass is 9.98. The molecule has 3 rings (SSSR count). The molecule has 1 aromatic heterocycles. The Balaban J connectivity index is 1.44. The summed E-state index contributed by atoms with van der Waals surface area (Å²) in [6.07, 6.45) is 8.59. The first kappa shape index (κ1) is 23.5. The van der Waals surface area contributed by atoms with Gasteiger partial charge in [-0.25, -0.2) is 0 Å². The van der Waals surface area contributed by atoms with E-state index in [0.29, 0.717) is 31.2 Å². The SMILES string of the molecule is CC(=O)CCCCCCCC(=O)c1ccc(CC(=O)Cc2cccc3cccnc23)cc1. The molecule has 32 heavy (non-hydrogen) atoms. The molecular weight excluding hydrogens is 398 g/mol. The number of pyridine rings is 1. The standard InChI is InChI=1S/C28H31NO3/c1-21(30)9-5-3-2-4-6-13-27(32)23-16-14-22(15-17-23)19-26(31)20-25-11-7-10-24-12-8-18-29-28(24)25/h7-8,10-12,14-18H,2-6,9,13,19-20H2,1H3. The van der Waals surface area contributed by atoms with Gasteiger partial charge in [0.05, 0.1) is 5.52 Å². The fourth-order valence-corrected chi connectivity index (χ4v) is 3.96. The van der Waals surface area contributed by atoms with Crippen LogP contribution in [-0.2, 0) is 22.4 Å². The molecule has 0 aliphatic rings. The van der Waals surface area contributed by atoms with Crippen molar-refractivity contribution in [2.24, 2.45) is 0 Å². The van der Waals surface area contributed by atoms with Crippen molar-refractivity contribution >= 4 is 28.3 Å². The number of Topliss-reactive ketones (excluding diaryl/α,β-unsaturated/α-hetero) is 3. The molecule has 0 fully saturated rings. The second-order valence-corrected chi connectivity index (χ2v) is 8.47. The lowest BCUT2D eigenvalue weighted by molar-refractivity contribution is -0.118. The molecule has 0 spiro atoms. The first-order valence-electron chi connectivity index (χ1n) is 11.5. The molecule has 4 nitrogen and oxygen atoms in total. The van der Waals surface area contributed by atoms with Gasteiger partial charge in [-0.15, -0.1) is 0 Å². The number of carbonyl (C=O) groups excluding carboxylic acids is 3. The molecule has 4 heteroatoms. The van der Waals surface area contributed by atoms with E-state index >= 15 is 0 Å². The zero-order valence-corrected chi connectivity index (χ0v) is 18.8. The molecule has 0 aliphatic heterocycles. The number of hydrogen-bond acceptors (Lipinski definition) is 4. The van der Waals surface area contributed by atoms with Gasteiger partial charge in [0.15, 0.2) is 5.78 Å². The number of benzene rings is 2. The molecule has 0 saturated carbocycles. The van der Waals surface area contributed by atoms with Crippen LogP contribution in [0.3, 0.4) is 0 Å². The highest BCUT2D eigenvalue weighted by Crippen LogP contribution is 2.18. The number of carbonyl (C=O) groups is 3. The van der Waals surface area contributed by atoms with Gasteiger partial charge >= 0.3 is 0 Å². The van der Waals surface area contributed by atoms with Gasteiger partial charge in [-0.1, -0.05) is 67.8 Å². The van der Waals surface area contributed by atoms with Gasteiger partial charge in [-0.05, 0) is 37.0 Å². The second-order valence-electron chi connectivity index (χ2n) is 8.47. The third-order valence-electron chi connectivity index (χ3n) is 5.71. The number of unbranched alkanes of at least 4 members (excludes halogenated alkanes) is 4. The maximum absolute atomic E-state index is 12.6. The first-order chi connectivity index (χ1) is 15.5. The van der Waals surface area contributed by atoms with Crippen LogP contribution in [0.1, 0.15) is 73.4 Å². The van der Waals surface area contributed by atoms with Crippen LogP contribution in [0.4, 0.5) is 0 Å². The Labute approximate surface area is 190 Å². The molecule has 1 heterocycles. The van der Waals surface area contributed by atoms with Crippen molar-refractivity contribution in [3.05, 3.63) is 77.5 Å². The molecule has 0 atom stereocenters. The van der Waals surface area contributed by atoms with Crippen molar-refractivity contribution in [3.63, 3.8) is 0 Å². The van der Waals surface area contributed by atoms with Crippen molar-refractivity contribution in [3.8, 4) is 0 Å². The Morgan fingerprint density at radius 1 is 0.750 bits per heavy atom. The van der Waals surface area contributed by atoms with Crippen LogP contribution < -0.4 is 0 Å². The van der Waals surface area contributed by atoms with E-state index in [9.17, 15) is 14.4 Å². The molecule has 0 N–H and O–H groups in total. The molecule has 2 aromatic carbocycles. The lowest BCUT2D eigenvalue weighted by Gasteiger charge is -2.06. The van der Waals surface area contributed by atoms with Crippen molar-refractivity contribution < 1.29 is 14.4 Å². The zero-order chi connectivity index (χ0) is 22.8. The van der Waals surface area contributed by atoms with Crippen LogP contribution in [-0.4, -0.2) is 22.3 Å². The molecule has 3 aromatic rings. The van der Waals surface area contributed by atoms with E-state index in [4.69, 9.17) is 0 Å². The van der Waals surface area contributed by atoms with Gasteiger partial charge in [-0.2, -0.15) is 0 Å². The van der Waals surface area contributed by atoms with Crippen molar-refractivity contribution in [2.45, 2.75) is 64.7 Å². The average Bonchev–Trinajstić information content (AvgIpc) is 2.79. The summed E-state index contributed by atoms with van der Waals surface area (Å²) in [4.78, 5) is 40.4. The maximum Gasteiger partial charge on any atom is 0.162 e. The van der Waals surface area contributed by atoms with E-state index < -0.39 is 0 Å².